The molecule has 0 aromatic rings. The lowest BCUT2D eigenvalue weighted by Crippen LogP contribution is -2.45. The minimum atomic E-state index is -0.238. The Morgan fingerprint density at radius 1 is 1.27 bits per heavy atom. The van der Waals surface area contributed by atoms with Gasteiger partial charge in [-0.15, -0.1) is 0 Å². The Labute approximate surface area is 93.8 Å². The highest BCUT2D eigenvalue weighted by Gasteiger charge is 2.14. The minimum Gasteiger partial charge on any atom is -0.368 e. The number of nitrogens with one attached hydrogen (secondary N) is 1. The molecule has 0 spiro atoms. The first-order valence-electron chi connectivity index (χ1n) is 6.17. The van der Waals surface area contributed by atoms with Crippen molar-refractivity contribution in [3.63, 3.8) is 0 Å². The molecule has 0 aromatic carbocycles. The van der Waals surface area contributed by atoms with E-state index in [0.717, 1.165) is 12.8 Å². The van der Waals surface area contributed by atoms with Crippen LogP contribution in [0.15, 0.2) is 0 Å². The van der Waals surface area contributed by atoms with Gasteiger partial charge >= 0.3 is 0 Å². The molecule has 90 valence electrons. The Kier molecular flexibility index (Phi) is 8.38. The Balaban J connectivity index is 3.62. The van der Waals surface area contributed by atoms with Crippen LogP contribution in [0.1, 0.15) is 59.3 Å². The summed E-state index contributed by atoms with van der Waals surface area (Å²) in [6.45, 7) is 6.31. The molecule has 1 amide bonds. The maximum absolute atomic E-state index is 11.0. The zero-order valence-electron chi connectivity index (χ0n) is 10.4. The van der Waals surface area contributed by atoms with Crippen molar-refractivity contribution in [1.82, 2.24) is 5.32 Å². The molecule has 0 fully saturated rings. The van der Waals surface area contributed by atoms with E-state index in [1.54, 1.807) is 0 Å². The largest absolute Gasteiger partial charge is 0.368 e. The lowest BCUT2D eigenvalue weighted by molar-refractivity contribution is -0.120. The van der Waals surface area contributed by atoms with Gasteiger partial charge in [0.2, 0.25) is 5.91 Å². The maximum atomic E-state index is 11.0. The highest BCUT2D eigenvalue weighted by molar-refractivity contribution is 5.79. The van der Waals surface area contributed by atoms with Crippen LogP contribution in [0.4, 0.5) is 0 Å². The summed E-state index contributed by atoms with van der Waals surface area (Å²) in [5.41, 5.74) is 5.27. The van der Waals surface area contributed by atoms with E-state index in [2.05, 4.69) is 19.2 Å². The highest BCUT2D eigenvalue weighted by Crippen LogP contribution is 2.06. The van der Waals surface area contributed by atoms with Gasteiger partial charge in [-0.1, -0.05) is 39.5 Å². The Morgan fingerprint density at radius 2 is 1.93 bits per heavy atom. The monoisotopic (exact) mass is 214 g/mol. The van der Waals surface area contributed by atoms with Gasteiger partial charge in [-0.05, 0) is 19.8 Å². The molecule has 2 atom stereocenters. The van der Waals surface area contributed by atoms with Crippen LogP contribution in [0.3, 0.4) is 0 Å². The predicted octanol–water partition coefficient (Wildman–Crippen LogP) is 2.20. The second-order valence-electron chi connectivity index (χ2n) is 4.28. The molecule has 0 saturated carbocycles. The van der Waals surface area contributed by atoms with Crippen molar-refractivity contribution in [2.24, 2.45) is 5.73 Å². The van der Waals surface area contributed by atoms with Gasteiger partial charge in [0.05, 0.1) is 6.04 Å². The number of hydrogen-bond acceptors (Lipinski definition) is 2. The standard InChI is InChI=1S/C12H26N2O/c1-4-6-7-8-9-10(3)14-11(5-2)12(13)15/h10-11,14H,4-9H2,1-3H3,(H2,13,15). The highest BCUT2D eigenvalue weighted by atomic mass is 16.1. The van der Waals surface area contributed by atoms with Crippen LogP contribution < -0.4 is 11.1 Å². The predicted molar refractivity (Wildman–Crippen MR) is 64.6 cm³/mol. The summed E-state index contributed by atoms with van der Waals surface area (Å²) in [4.78, 5) is 11.0. The van der Waals surface area contributed by atoms with Crippen molar-refractivity contribution < 1.29 is 4.79 Å². The van der Waals surface area contributed by atoms with Crippen molar-refractivity contribution in [3.05, 3.63) is 0 Å². The Bertz CT molecular complexity index is 171. The van der Waals surface area contributed by atoms with Gasteiger partial charge in [0, 0.05) is 6.04 Å². The summed E-state index contributed by atoms with van der Waals surface area (Å²) < 4.78 is 0. The van der Waals surface area contributed by atoms with Crippen LogP contribution in [0.25, 0.3) is 0 Å². The normalized spacial score (nSPS) is 14.9. The van der Waals surface area contributed by atoms with Crippen LogP contribution in [0.5, 0.6) is 0 Å². The molecule has 0 aliphatic rings. The van der Waals surface area contributed by atoms with Gasteiger partial charge in [0.25, 0.3) is 0 Å². The summed E-state index contributed by atoms with van der Waals surface area (Å²) in [5.74, 6) is -0.238. The van der Waals surface area contributed by atoms with Gasteiger partial charge in [-0.2, -0.15) is 0 Å². The number of carbonyl (C=O) groups excluding carboxylic acids is 1. The topological polar surface area (TPSA) is 55.1 Å². The van der Waals surface area contributed by atoms with Crippen molar-refractivity contribution in [2.75, 3.05) is 0 Å². The fourth-order valence-electron chi connectivity index (χ4n) is 1.71. The third kappa shape index (κ3) is 7.37. The van der Waals surface area contributed by atoms with E-state index in [1.807, 2.05) is 6.92 Å². The molecule has 15 heavy (non-hydrogen) atoms. The smallest absolute Gasteiger partial charge is 0.234 e. The van der Waals surface area contributed by atoms with Crippen LogP contribution in [0.2, 0.25) is 0 Å². The van der Waals surface area contributed by atoms with E-state index in [9.17, 15) is 4.79 Å². The zero-order valence-corrected chi connectivity index (χ0v) is 10.4. The molecule has 2 unspecified atom stereocenters. The zero-order chi connectivity index (χ0) is 11.7. The van der Waals surface area contributed by atoms with Crippen LogP contribution in [-0.2, 0) is 4.79 Å². The van der Waals surface area contributed by atoms with Gasteiger partial charge in [0.15, 0.2) is 0 Å². The lowest BCUT2D eigenvalue weighted by atomic mass is 10.1. The van der Waals surface area contributed by atoms with Crippen LogP contribution in [0, 0.1) is 0 Å². The minimum absolute atomic E-state index is 0.161. The first-order chi connectivity index (χ1) is 7.11. The fourth-order valence-corrected chi connectivity index (χ4v) is 1.71. The second-order valence-corrected chi connectivity index (χ2v) is 4.28. The molecule has 3 heteroatoms. The van der Waals surface area contributed by atoms with Crippen LogP contribution in [-0.4, -0.2) is 18.0 Å². The molecule has 0 heterocycles. The van der Waals surface area contributed by atoms with E-state index >= 15 is 0 Å². The fraction of sp³-hybridized carbons (Fsp3) is 0.917. The summed E-state index contributed by atoms with van der Waals surface area (Å²) in [6, 6.07) is 0.227. The molecule has 3 N–H and O–H groups in total. The first kappa shape index (κ1) is 14.4. The van der Waals surface area contributed by atoms with E-state index in [0.29, 0.717) is 6.04 Å². The van der Waals surface area contributed by atoms with Crippen molar-refractivity contribution in [2.45, 2.75) is 71.4 Å². The van der Waals surface area contributed by atoms with E-state index in [4.69, 9.17) is 5.73 Å². The average Bonchev–Trinajstić information content (AvgIpc) is 2.20. The quantitative estimate of drug-likeness (QED) is 0.578. The van der Waals surface area contributed by atoms with Crippen molar-refractivity contribution >= 4 is 5.91 Å². The number of primary amides is 1. The molecule has 0 bridgehead atoms. The van der Waals surface area contributed by atoms with E-state index < -0.39 is 0 Å². The molecule has 0 aromatic heterocycles. The molecule has 0 aliphatic carbocycles. The number of hydrogen-bond donors (Lipinski definition) is 2. The van der Waals surface area contributed by atoms with Gasteiger partial charge in [-0.25, -0.2) is 0 Å². The number of unbranched alkanes of at least 4 members (excludes halogenated alkanes) is 3. The molecule has 0 aliphatic heterocycles. The lowest BCUT2D eigenvalue weighted by Gasteiger charge is -2.19. The third-order valence-electron chi connectivity index (χ3n) is 2.73. The van der Waals surface area contributed by atoms with Crippen molar-refractivity contribution in [1.29, 1.82) is 0 Å². The average molecular weight is 214 g/mol. The number of nitrogens with two attached hydrogens (primary N) is 1. The number of carbonyl (C=O) groups is 1. The summed E-state index contributed by atoms with van der Waals surface area (Å²) in [6.07, 6.45) is 6.99. The molecular formula is C12H26N2O. The first-order valence-corrected chi connectivity index (χ1v) is 6.17. The molecule has 0 saturated heterocycles. The molecule has 3 nitrogen and oxygen atoms in total. The van der Waals surface area contributed by atoms with Gasteiger partial charge < -0.3 is 11.1 Å². The third-order valence-corrected chi connectivity index (χ3v) is 2.73. The Morgan fingerprint density at radius 3 is 2.40 bits per heavy atom. The summed E-state index contributed by atoms with van der Waals surface area (Å²) in [7, 11) is 0. The number of amides is 1. The van der Waals surface area contributed by atoms with Crippen LogP contribution >= 0.6 is 0 Å². The maximum Gasteiger partial charge on any atom is 0.234 e. The SMILES string of the molecule is CCCCCCC(C)NC(CC)C(N)=O. The second kappa shape index (κ2) is 8.72. The van der Waals surface area contributed by atoms with Crippen molar-refractivity contribution in [3.8, 4) is 0 Å². The summed E-state index contributed by atoms with van der Waals surface area (Å²) >= 11 is 0. The molecular weight excluding hydrogens is 188 g/mol. The van der Waals surface area contributed by atoms with Gasteiger partial charge in [0.1, 0.15) is 0 Å². The van der Waals surface area contributed by atoms with E-state index in [-0.39, 0.29) is 11.9 Å². The summed E-state index contributed by atoms with van der Waals surface area (Å²) in [5, 5.41) is 3.27. The Hall–Kier alpha value is -0.570. The van der Waals surface area contributed by atoms with Gasteiger partial charge in [-0.3, -0.25) is 4.79 Å². The number of rotatable bonds is 9. The van der Waals surface area contributed by atoms with E-state index in [1.165, 1.54) is 25.7 Å². The molecule has 0 radical (unpaired) electrons. The molecule has 0 rings (SSSR count).